The predicted molar refractivity (Wildman–Crippen MR) is 127 cm³/mol. The molecule has 1 unspecified atom stereocenters. The molecular formula is C24H31N5O3S. The number of amides is 1. The van der Waals surface area contributed by atoms with Crippen molar-refractivity contribution in [1.82, 2.24) is 23.8 Å². The van der Waals surface area contributed by atoms with Crippen molar-refractivity contribution in [3.63, 3.8) is 0 Å². The molecule has 3 heterocycles. The van der Waals surface area contributed by atoms with Gasteiger partial charge in [0.2, 0.25) is 10.0 Å². The lowest BCUT2D eigenvalue weighted by Crippen LogP contribution is -2.50. The highest BCUT2D eigenvalue weighted by atomic mass is 32.2. The van der Waals surface area contributed by atoms with Crippen LogP contribution in [0.15, 0.2) is 35.2 Å². The second kappa shape index (κ2) is 8.87. The maximum absolute atomic E-state index is 13.3. The van der Waals surface area contributed by atoms with Gasteiger partial charge in [0.05, 0.1) is 10.6 Å². The van der Waals surface area contributed by atoms with Crippen LogP contribution in [0.1, 0.15) is 59.2 Å². The number of sulfonamides is 1. The van der Waals surface area contributed by atoms with Crippen molar-refractivity contribution in [3.8, 4) is 0 Å². The minimum Gasteiger partial charge on any atom is -0.336 e. The second-order valence-electron chi connectivity index (χ2n) is 8.81. The highest BCUT2D eigenvalue weighted by molar-refractivity contribution is 7.89. The van der Waals surface area contributed by atoms with Crippen molar-refractivity contribution >= 4 is 21.6 Å². The molecule has 33 heavy (non-hydrogen) atoms. The van der Waals surface area contributed by atoms with Gasteiger partial charge in [-0.25, -0.2) is 17.9 Å². The van der Waals surface area contributed by atoms with Gasteiger partial charge in [0, 0.05) is 37.6 Å². The normalized spacial score (nSPS) is 16.3. The molecule has 0 bridgehead atoms. The fraction of sp³-hybridized carbons (Fsp3) is 0.458. The number of fused-ring (bicyclic) bond motifs is 1. The van der Waals surface area contributed by atoms with Gasteiger partial charge in [0.15, 0.2) is 5.65 Å². The Labute approximate surface area is 195 Å². The smallest absolute Gasteiger partial charge is 0.259 e. The Balaban J connectivity index is 1.50. The lowest BCUT2D eigenvalue weighted by molar-refractivity contribution is 0.0699. The molecule has 1 aliphatic rings. The van der Waals surface area contributed by atoms with E-state index in [0.717, 1.165) is 23.4 Å². The molecule has 1 saturated heterocycles. The Morgan fingerprint density at radius 2 is 1.70 bits per heavy atom. The van der Waals surface area contributed by atoms with E-state index in [1.807, 2.05) is 32.0 Å². The van der Waals surface area contributed by atoms with Crippen LogP contribution in [0.3, 0.4) is 0 Å². The largest absolute Gasteiger partial charge is 0.336 e. The molecule has 0 aliphatic carbocycles. The highest BCUT2D eigenvalue weighted by Crippen LogP contribution is 2.24. The van der Waals surface area contributed by atoms with E-state index < -0.39 is 10.0 Å². The first-order valence-corrected chi connectivity index (χ1v) is 12.8. The Hall–Kier alpha value is -2.78. The Kier molecular flexibility index (Phi) is 6.28. The van der Waals surface area contributed by atoms with E-state index in [2.05, 4.69) is 23.9 Å². The molecule has 1 aromatic carbocycles. The molecule has 9 heteroatoms. The average Bonchev–Trinajstić information content (AvgIpc) is 3.14. The minimum absolute atomic E-state index is 0.157. The summed E-state index contributed by atoms with van der Waals surface area (Å²) in [6.45, 7) is 11.0. The molecule has 0 saturated carbocycles. The maximum Gasteiger partial charge on any atom is 0.259 e. The van der Waals surface area contributed by atoms with Crippen molar-refractivity contribution in [3.05, 3.63) is 58.5 Å². The molecule has 1 amide bonds. The van der Waals surface area contributed by atoms with Gasteiger partial charge in [-0.1, -0.05) is 26.0 Å². The van der Waals surface area contributed by atoms with Gasteiger partial charge in [-0.3, -0.25) is 4.79 Å². The number of piperazine rings is 1. The van der Waals surface area contributed by atoms with Crippen LogP contribution in [0.5, 0.6) is 0 Å². The zero-order valence-corrected chi connectivity index (χ0v) is 20.7. The lowest BCUT2D eigenvalue weighted by Gasteiger charge is -2.34. The first kappa shape index (κ1) is 23.4. The topological polar surface area (TPSA) is 87.9 Å². The van der Waals surface area contributed by atoms with Crippen LogP contribution < -0.4 is 0 Å². The van der Waals surface area contributed by atoms with E-state index in [-0.39, 0.29) is 19.0 Å². The van der Waals surface area contributed by atoms with Gasteiger partial charge in [-0.2, -0.15) is 9.40 Å². The van der Waals surface area contributed by atoms with E-state index in [0.29, 0.717) is 40.8 Å². The zero-order chi connectivity index (χ0) is 23.9. The van der Waals surface area contributed by atoms with E-state index in [1.54, 1.807) is 28.5 Å². The number of hydrogen-bond donors (Lipinski definition) is 0. The van der Waals surface area contributed by atoms with Crippen LogP contribution in [-0.2, 0) is 10.0 Å². The minimum atomic E-state index is -3.60. The van der Waals surface area contributed by atoms with Crippen LogP contribution in [0.4, 0.5) is 0 Å². The summed E-state index contributed by atoms with van der Waals surface area (Å²) in [7, 11) is -3.60. The molecule has 1 atom stereocenters. The molecular weight excluding hydrogens is 438 g/mol. The molecule has 0 spiro atoms. The molecule has 3 aromatic rings. The Bertz CT molecular complexity index is 1290. The molecule has 1 fully saturated rings. The van der Waals surface area contributed by atoms with Gasteiger partial charge in [0.25, 0.3) is 5.91 Å². The average molecular weight is 470 g/mol. The molecule has 0 N–H and O–H groups in total. The van der Waals surface area contributed by atoms with Gasteiger partial charge in [-0.15, -0.1) is 0 Å². The fourth-order valence-corrected chi connectivity index (χ4v) is 5.74. The van der Waals surface area contributed by atoms with Crippen molar-refractivity contribution in [2.45, 2.75) is 51.9 Å². The van der Waals surface area contributed by atoms with Crippen LogP contribution in [0.2, 0.25) is 0 Å². The van der Waals surface area contributed by atoms with Gasteiger partial charge < -0.3 is 4.90 Å². The highest BCUT2D eigenvalue weighted by Gasteiger charge is 2.32. The van der Waals surface area contributed by atoms with Crippen LogP contribution in [-0.4, -0.2) is 64.3 Å². The number of rotatable bonds is 5. The molecule has 8 nitrogen and oxygen atoms in total. The fourth-order valence-electron chi connectivity index (χ4n) is 4.32. The number of carbonyl (C=O) groups is 1. The van der Waals surface area contributed by atoms with Gasteiger partial charge in [-0.05, 0) is 56.9 Å². The predicted octanol–water partition coefficient (Wildman–Crippen LogP) is 3.31. The van der Waals surface area contributed by atoms with E-state index >= 15 is 0 Å². The first-order chi connectivity index (χ1) is 15.6. The monoisotopic (exact) mass is 469 g/mol. The molecule has 1 aliphatic heterocycles. The molecule has 4 rings (SSSR count). The summed E-state index contributed by atoms with van der Waals surface area (Å²) < 4.78 is 29.4. The summed E-state index contributed by atoms with van der Waals surface area (Å²) in [6.07, 6.45) is 1.00. The number of hydrogen-bond acceptors (Lipinski definition) is 5. The number of nitrogens with zero attached hydrogens (tertiary/aromatic N) is 5. The summed E-state index contributed by atoms with van der Waals surface area (Å²) in [5.74, 6) is 0.233. The third kappa shape index (κ3) is 4.27. The van der Waals surface area contributed by atoms with Crippen molar-refractivity contribution in [1.29, 1.82) is 0 Å². The standard InChI is InChI=1S/C24H31N5O3S/c1-6-16(2)20-7-9-21(10-8-20)33(31,32)28-13-11-27(12-14-28)24(30)22-19(5)26-29-18(4)15-17(3)25-23(22)29/h7-10,15-16H,6,11-14H2,1-5H3. The summed E-state index contributed by atoms with van der Waals surface area (Å²) in [4.78, 5) is 19.9. The summed E-state index contributed by atoms with van der Waals surface area (Å²) in [5, 5.41) is 4.49. The van der Waals surface area contributed by atoms with Crippen molar-refractivity contribution < 1.29 is 13.2 Å². The second-order valence-corrected chi connectivity index (χ2v) is 10.7. The van der Waals surface area contributed by atoms with Gasteiger partial charge in [0.1, 0.15) is 5.56 Å². The third-order valence-electron chi connectivity index (χ3n) is 6.51. The lowest BCUT2D eigenvalue weighted by atomic mass is 9.99. The quantitative estimate of drug-likeness (QED) is 0.572. The number of aryl methyl sites for hydroxylation is 3. The van der Waals surface area contributed by atoms with Crippen LogP contribution >= 0.6 is 0 Å². The molecule has 2 aromatic heterocycles. The van der Waals surface area contributed by atoms with E-state index in [1.165, 1.54) is 4.31 Å². The van der Waals surface area contributed by atoms with E-state index in [4.69, 9.17) is 0 Å². The Morgan fingerprint density at radius 3 is 2.30 bits per heavy atom. The van der Waals surface area contributed by atoms with Gasteiger partial charge >= 0.3 is 0 Å². The summed E-state index contributed by atoms with van der Waals surface area (Å²) in [5.41, 5.74) is 4.52. The maximum atomic E-state index is 13.3. The molecule has 176 valence electrons. The summed E-state index contributed by atoms with van der Waals surface area (Å²) in [6, 6.07) is 9.09. The summed E-state index contributed by atoms with van der Waals surface area (Å²) >= 11 is 0. The SMILES string of the molecule is CCC(C)c1ccc(S(=O)(=O)N2CCN(C(=O)c3c(C)nn4c(C)cc(C)nc34)CC2)cc1. The third-order valence-corrected chi connectivity index (χ3v) is 8.42. The van der Waals surface area contributed by atoms with Crippen molar-refractivity contribution in [2.24, 2.45) is 0 Å². The number of benzene rings is 1. The van der Waals surface area contributed by atoms with Crippen LogP contribution in [0.25, 0.3) is 5.65 Å². The van der Waals surface area contributed by atoms with E-state index in [9.17, 15) is 13.2 Å². The zero-order valence-electron chi connectivity index (χ0n) is 19.9. The van der Waals surface area contributed by atoms with Crippen molar-refractivity contribution in [2.75, 3.05) is 26.2 Å². The Morgan fingerprint density at radius 1 is 1.06 bits per heavy atom. The van der Waals surface area contributed by atoms with Crippen LogP contribution in [0, 0.1) is 20.8 Å². The number of aromatic nitrogens is 3. The number of carbonyl (C=O) groups excluding carboxylic acids is 1. The first-order valence-electron chi connectivity index (χ1n) is 11.4. The molecule has 0 radical (unpaired) electrons.